The van der Waals surface area contributed by atoms with Crippen LogP contribution in [0.4, 0.5) is 0 Å². The number of pyridine rings is 1. The molecule has 0 aliphatic carbocycles. The van der Waals surface area contributed by atoms with Gasteiger partial charge < -0.3 is 19.8 Å². The van der Waals surface area contributed by atoms with Crippen LogP contribution in [0.2, 0.25) is 0 Å². The third-order valence-corrected chi connectivity index (χ3v) is 4.05. The predicted octanol–water partition coefficient (Wildman–Crippen LogP) is 4.40. The highest BCUT2D eigenvalue weighted by atomic mass is 127. The molecule has 0 saturated heterocycles. The summed E-state index contributed by atoms with van der Waals surface area (Å²) in [4.78, 5) is 13.5. The normalized spacial score (nSPS) is 10.9. The van der Waals surface area contributed by atoms with Crippen molar-refractivity contribution < 1.29 is 9.15 Å². The molecule has 0 radical (unpaired) electrons. The number of hydrogen-bond acceptors (Lipinski definition) is 5. The lowest BCUT2D eigenvalue weighted by Crippen LogP contribution is -2.36. The number of rotatable bonds is 9. The smallest absolute Gasteiger partial charge is 0.226 e. The minimum Gasteiger partial charge on any atom is -0.477 e. The maximum absolute atomic E-state index is 5.71. The molecule has 0 bridgehead atoms. The van der Waals surface area contributed by atoms with E-state index >= 15 is 0 Å². The Morgan fingerprint density at radius 3 is 2.70 bits per heavy atom. The number of nitrogens with zero attached hydrogens (tertiary/aromatic N) is 3. The van der Waals surface area contributed by atoms with Gasteiger partial charge in [-0.05, 0) is 31.5 Å². The second-order valence-electron chi connectivity index (χ2n) is 6.37. The van der Waals surface area contributed by atoms with Gasteiger partial charge in [0.2, 0.25) is 11.8 Å². The fourth-order valence-electron chi connectivity index (χ4n) is 2.65. The second kappa shape index (κ2) is 12.8. The lowest BCUT2D eigenvalue weighted by atomic mass is 10.2. The zero-order chi connectivity index (χ0) is 20.3. The summed E-state index contributed by atoms with van der Waals surface area (Å²) in [5.41, 5.74) is 2.71. The molecule has 0 unspecified atom stereocenters. The Labute approximate surface area is 194 Å². The topological polar surface area (TPSA) is 84.6 Å². The monoisotopic (exact) mass is 521 g/mol. The van der Waals surface area contributed by atoms with Crippen molar-refractivity contribution in [3.05, 3.63) is 66.2 Å². The third-order valence-electron chi connectivity index (χ3n) is 4.05. The summed E-state index contributed by atoms with van der Waals surface area (Å²) in [6.45, 7) is 6.47. The summed E-state index contributed by atoms with van der Waals surface area (Å²) in [6, 6.07) is 13.7. The van der Waals surface area contributed by atoms with Crippen LogP contribution in [-0.2, 0) is 13.1 Å². The van der Waals surface area contributed by atoms with Crippen LogP contribution in [0.15, 0.2) is 64.3 Å². The Kier molecular flexibility index (Phi) is 10.1. The van der Waals surface area contributed by atoms with E-state index in [1.807, 2.05) is 49.4 Å². The first-order valence-corrected chi connectivity index (χ1v) is 9.88. The Morgan fingerprint density at radius 1 is 1.10 bits per heavy atom. The lowest BCUT2D eigenvalue weighted by molar-refractivity contribution is 0.302. The molecule has 2 N–H and O–H groups in total. The van der Waals surface area contributed by atoms with Gasteiger partial charge in [-0.1, -0.05) is 31.2 Å². The first-order valence-electron chi connectivity index (χ1n) is 9.88. The predicted molar refractivity (Wildman–Crippen MR) is 129 cm³/mol. The zero-order valence-corrected chi connectivity index (χ0v) is 19.6. The van der Waals surface area contributed by atoms with Crippen molar-refractivity contribution in [1.29, 1.82) is 0 Å². The molecule has 2 aromatic heterocycles. The maximum atomic E-state index is 5.71. The van der Waals surface area contributed by atoms with Crippen LogP contribution < -0.4 is 15.4 Å². The SMILES string of the molecule is CCCOc1ncccc1CN=C(NCC)NCc1coc(-c2ccccc2)n1.I. The van der Waals surface area contributed by atoms with Gasteiger partial charge in [-0.2, -0.15) is 0 Å². The summed E-state index contributed by atoms with van der Waals surface area (Å²) in [5, 5.41) is 6.53. The minimum absolute atomic E-state index is 0. The van der Waals surface area contributed by atoms with Crippen molar-refractivity contribution in [2.45, 2.75) is 33.4 Å². The minimum atomic E-state index is 0. The lowest BCUT2D eigenvalue weighted by Gasteiger charge is -2.11. The van der Waals surface area contributed by atoms with E-state index < -0.39 is 0 Å². The largest absolute Gasteiger partial charge is 0.477 e. The first kappa shape index (κ1) is 23.7. The van der Waals surface area contributed by atoms with Crippen molar-refractivity contribution >= 4 is 29.9 Å². The standard InChI is InChI=1S/C22H27N5O2.HI/c1-3-13-28-20-18(11-8-12-24-20)14-25-22(23-4-2)26-15-19-16-29-21(27-19)17-9-6-5-7-10-17;/h5-12,16H,3-4,13-15H2,1-2H3,(H2,23,25,26);1H. The average Bonchev–Trinajstić information content (AvgIpc) is 3.24. The highest BCUT2D eigenvalue weighted by Gasteiger charge is 2.08. The molecule has 0 atom stereocenters. The number of halogens is 1. The van der Waals surface area contributed by atoms with Gasteiger partial charge in [-0.15, -0.1) is 24.0 Å². The molecule has 0 fully saturated rings. The number of aliphatic imine (C=N–C) groups is 1. The molecule has 8 heteroatoms. The van der Waals surface area contributed by atoms with Crippen LogP contribution in [0.25, 0.3) is 11.5 Å². The van der Waals surface area contributed by atoms with Crippen LogP contribution in [0, 0.1) is 0 Å². The van der Waals surface area contributed by atoms with Crippen LogP contribution in [0.3, 0.4) is 0 Å². The first-order chi connectivity index (χ1) is 14.3. The second-order valence-corrected chi connectivity index (χ2v) is 6.37. The Bertz CT molecular complexity index is 915. The molecular weight excluding hydrogens is 493 g/mol. The Hall–Kier alpha value is -2.62. The summed E-state index contributed by atoms with van der Waals surface area (Å²) < 4.78 is 11.3. The highest BCUT2D eigenvalue weighted by Crippen LogP contribution is 2.18. The van der Waals surface area contributed by atoms with Gasteiger partial charge in [0.1, 0.15) is 6.26 Å². The average molecular weight is 521 g/mol. The molecule has 30 heavy (non-hydrogen) atoms. The number of oxazole rings is 1. The van der Waals surface area contributed by atoms with E-state index in [1.165, 1.54) is 0 Å². The van der Waals surface area contributed by atoms with E-state index in [2.05, 4.69) is 32.5 Å². The summed E-state index contributed by atoms with van der Waals surface area (Å²) in [6.07, 6.45) is 4.33. The van der Waals surface area contributed by atoms with Crippen molar-refractivity contribution in [2.24, 2.45) is 4.99 Å². The maximum Gasteiger partial charge on any atom is 0.226 e. The molecule has 0 saturated carbocycles. The Morgan fingerprint density at radius 2 is 1.93 bits per heavy atom. The van der Waals surface area contributed by atoms with E-state index in [4.69, 9.17) is 9.15 Å². The van der Waals surface area contributed by atoms with Crippen molar-refractivity contribution in [2.75, 3.05) is 13.2 Å². The van der Waals surface area contributed by atoms with Crippen LogP contribution in [0.1, 0.15) is 31.5 Å². The number of aromatic nitrogens is 2. The summed E-state index contributed by atoms with van der Waals surface area (Å²) >= 11 is 0. The molecule has 3 rings (SSSR count). The van der Waals surface area contributed by atoms with Gasteiger partial charge >= 0.3 is 0 Å². The zero-order valence-electron chi connectivity index (χ0n) is 17.3. The number of benzene rings is 1. The van der Waals surface area contributed by atoms with Crippen molar-refractivity contribution in [1.82, 2.24) is 20.6 Å². The molecule has 0 spiro atoms. The quantitative estimate of drug-likeness (QED) is 0.247. The summed E-state index contributed by atoms with van der Waals surface area (Å²) in [7, 11) is 0. The molecular formula is C22H28IN5O2. The van der Waals surface area contributed by atoms with E-state index in [9.17, 15) is 0 Å². The van der Waals surface area contributed by atoms with Gasteiger partial charge in [0.05, 0.1) is 25.4 Å². The third kappa shape index (κ3) is 7.01. The summed E-state index contributed by atoms with van der Waals surface area (Å²) in [5.74, 6) is 1.94. The van der Waals surface area contributed by atoms with E-state index in [0.29, 0.717) is 37.4 Å². The fourth-order valence-corrected chi connectivity index (χ4v) is 2.65. The molecule has 3 aromatic rings. The number of nitrogens with one attached hydrogen (secondary N) is 2. The van der Waals surface area contributed by atoms with Gasteiger partial charge in [-0.25, -0.2) is 15.0 Å². The van der Waals surface area contributed by atoms with E-state index in [0.717, 1.165) is 29.8 Å². The van der Waals surface area contributed by atoms with Gasteiger partial charge in [0, 0.05) is 23.9 Å². The number of ether oxygens (including phenoxy) is 1. The van der Waals surface area contributed by atoms with Gasteiger partial charge in [-0.3, -0.25) is 0 Å². The van der Waals surface area contributed by atoms with E-state index in [-0.39, 0.29) is 24.0 Å². The van der Waals surface area contributed by atoms with Crippen molar-refractivity contribution in [3.8, 4) is 17.3 Å². The van der Waals surface area contributed by atoms with Crippen LogP contribution >= 0.6 is 24.0 Å². The molecule has 160 valence electrons. The van der Waals surface area contributed by atoms with Crippen LogP contribution in [-0.4, -0.2) is 29.1 Å². The van der Waals surface area contributed by atoms with Gasteiger partial charge in [0.15, 0.2) is 5.96 Å². The molecule has 0 amide bonds. The van der Waals surface area contributed by atoms with E-state index in [1.54, 1.807) is 12.5 Å². The highest BCUT2D eigenvalue weighted by molar-refractivity contribution is 14.0. The van der Waals surface area contributed by atoms with Gasteiger partial charge in [0.25, 0.3) is 0 Å². The van der Waals surface area contributed by atoms with Crippen LogP contribution in [0.5, 0.6) is 5.88 Å². The molecule has 2 heterocycles. The fraction of sp³-hybridized carbons (Fsp3) is 0.318. The van der Waals surface area contributed by atoms with Crippen molar-refractivity contribution in [3.63, 3.8) is 0 Å². The molecule has 7 nitrogen and oxygen atoms in total. The molecule has 0 aliphatic heterocycles. The molecule has 0 aliphatic rings. The Balaban J connectivity index is 0.00000320. The number of hydrogen-bond donors (Lipinski definition) is 2. The molecule has 1 aromatic carbocycles. The number of guanidine groups is 1.